The van der Waals surface area contributed by atoms with Crippen molar-refractivity contribution in [2.24, 2.45) is 0 Å². The molecule has 1 N–H and O–H groups in total. The number of nitrogens with one attached hydrogen (secondary N) is 1. The molecule has 3 aliphatic heterocycles. The van der Waals surface area contributed by atoms with Gasteiger partial charge in [-0.25, -0.2) is 5.01 Å². The molecule has 0 aromatic heterocycles. The molecule has 2 unspecified atom stereocenters. The Morgan fingerprint density at radius 2 is 1.89 bits per heavy atom. The number of hydrazine groups is 1. The van der Waals surface area contributed by atoms with Crippen LogP contribution in [0.1, 0.15) is 54.4 Å². The van der Waals surface area contributed by atoms with E-state index in [1.807, 2.05) is 24.3 Å². The van der Waals surface area contributed by atoms with Gasteiger partial charge >= 0.3 is 0 Å². The quantitative estimate of drug-likeness (QED) is 0.545. The Hall–Kier alpha value is -2.67. The first-order chi connectivity index (χ1) is 17.6. The van der Waals surface area contributed by atoms with Crippen molar-refractivity contribution in [3.63, 3.8) is 0 Å². The van der Waals surface area contributed by atoms with E-state index in [9.17, 15) is 4.79 Å². The topological polar surface area (TPSA) is 48.0 Å². The first-order valence-corrected chi connectivity index (χ1v) is 13.6. The van der Waals surface area contributed by atoms with Gasteiger partial charge < -0.3 is 4.74 Å². The molecule has 2 aromatic carbocycles. The van der Waals surface area contributed by atoms with Crippen molar-refractivity contribution in [2.45, 2.75) is 57.2 Å². The number of piperidine rings is 1. The molecule has 6 nitrogen and oxygen atoms in total. The predicted molar refractivity (Wildman–Crippen MR) is 145 cm³/mol. The van der Waals surface area contributed by atoms with E-state index in [2.05, 4.69) is 51.1 Å². The molecule has 0 spiro atoms. The van der Waals surface area contributed by atoms with E-state index in [4.69, 9.17) is 4.74 Å². The van der Waals surface area contributed by atoms with E-state index in [-0.39, 0.29) is 5.91 Å². The minimum atomic E-state index is -0.0255. The predicted octanol–water partition coefficient (Wildman–Crippen LogP) is 4.72. The molecule has 192 valence electrons. The SMILES string of the molecule is C=CCN1CCC2CCC(C1)N2Cc1ccc(C(=O)NN2CCCCC2)cc1-c1cccc(OC)c1. The maximum atomic E-state index is 13.2. The number of carbonyl (C=O) groups excluding carboxylic acids is 1. The summed E-state index contributed by atoms with van der Waals surface area (Å²) < 4.78 is 5.53. The van der Waals surface area contributed by atoms with Crippen molar-refractivity contribution in [3.05, 3.63) is 66.2 Å². The van der Waals surface area contributed by atoms with Gasteiger partial charge in [0.1, 0.15) is 5.75 Å². The van der Waals surface area contributed by atoms with Gasteiger partial charge in [-0.1, -0.05) is 30.7 Å². The zero-order valence-electron chi connectivity index (χ0n) is 21.6. The van der Waals surface area contributed by atoms with Crippen molar-refractivity contribution < 1.29 is 9.53 Å². The zero-order valence-corrected chi connectivity index (χ0v) is 21.6. The van der Waals surface area contributed by atoms with E-state index in [0.717, 1.165) is 69.0 Å². The smallest absolute Gasteiger partial charge is 0.265 e. The maximum Gasteiger partial charge on any atom is 0.265 e. The van der Waals surface area contributed by atoms with Gasteiger partial charge in [-0.2, -0.15) is 0 Å². The molecule has 2 bridgehead atoms. The third-order valence-corrected chi connectivity index (χ3v) is 8.13. The average Bonchev–Trinajstić information content (AvgIpc) is 3.19. The van der Waals surface area contributed by atoms with Gasteiger partial charge in [-0.15, -0.1) is 6.58 Å². The summed E-state index contributed by atoms with van der Waals surface area (Å²) in [5.41, 5.74) is 7.32. The molecule has 0 aliphatic carbocycles. The second-order valence-electron chi connectivity index (χ2n) is 10.5. The van der Waals surface area contributed by atoms with E-state index in [1.165, 1.54) is 31.2 Å². The highest BCUT2D eigenvalue weighted by Crippen LogP contribution is 2.35. The fourth-order valence-corrected chi connectivity index (χ4v) is 6.17. The molecule has 0 radical (unpaired) electrons. The third kappa shape index (κ3) is 5.66. The maximum absolute atomic E-state index is 13.2. The third-order valence-electron chi connectivity index (χ3n) is 8.13. The molecule has 0 saturated carbocycles. The van der Waals surface area contributed by atoms with Crippen molar-refractivity contribution >= 4 is 5.91 Å². The zero-order chi connectivity index (χ0) is 24.9. The molecule has 1 amide bonds. The molecule has 36 heavy (non-hydrogen) atoms. The second kappa shape index (κ2) is 11.6. The van der Waals surface area contributed by atoms with Crippen molar-refractivity contribution in [1.29, 1.82) is 0 Å². The number of carbonyl (C=O) groups is 1. The van der Waals surface area contributed by atoms with E-state index in [1.54, 1.807) is 7.11 Å². The van der Waals surface area contributed by atoms with Crippen LogP contribution in [-0.2, 0) is 6.54 Å². The van der Waals surface area contributed by atoms with Crippen LogP contribution in [0.5, 0.6) is 5.75 Å². The lowest BCUT2D eigenvalue weighted by Gasteiger charge is -2.30. The Balaban J connectivity index is 1.43. The summed E-state index contributed by atoms with van der Waals surface area (Å²) in [4.78, 5) is 18.4. The van der Waals surface area contributed by atoms with Gasteiger partial charge in [-0.3, -0.25) is 20.0 Å². The fourth-order valence-electron chi connectivity index (χ4n) is 6.17. The average molecular weight is 489 g/mol. The highest BCUT2D eigenvalue weighted by Gasteiger charge is 2.37. The number of fused-ring (bicyclic) bond motifs is 2. The van der Waals surface area contributed by atoms with Crippen LogP contribution in [0, 0.1) is 0 Å². The monoisotopic (exact) mass is 488 g/mol. The van der Waals surface area contributed by atoms with Crippen LogP contribution < -0.4 is 10.2 Å². The number of hydrogen-bond donors (Lipinski definition) is 1. The normalized spacial score (nSPS) is 23.2. The molecule has 5 rings (SSSR count). The lowest BCUT2D eigenvalue weighted by atomic mass is 9.96. The Kier molecular flexibility index (Phi) is 8.05. The number of rotatable bonds is 8. The number of amides is 1. The first kappa shape index (κ1) is 25.0. The summed E-state index contributed by atoms with van der Waals surface area (Å²) >= 11 is 0. The summed E-state index contributed by atoms with van der Waals surface area (Å²) in [6.07, 6.45) is 9.27. The number of methoxy groups -OCH3 is 1. The number of nitrogens with zero attached hydrogens (tertiary/aromatic N) is 3. The molecule has 3 saturated heterocycles. The standard InChI is InChI=1S/C30H40N4O2/c1-3-15-32-18-14-26-12-13-27(22-32)34(26)21-25-11-10-24(30(35)31-33-16-5-4-6-17-33)20-29(25)23-8-7-9-28(19-23)36-2/h3,7-11,19-20,26-27H,1,4-6,12-18,21-22H2,2H3,(H,31,35). The summed E-state index contributed by atoms with van der Waals surface area (Å²) in [5.74, 6) is 0.805. The largest absolute Gasteiger partial charge is 0.497 e. The van der Waals surface area contributed by atoms with Crippen LogP contribution >= 0.6 is 0 Å². The molecule has 3 fully saturated rings. The summed E-state index contributed by atoms with van der Waals surface area (Å²) in [6.45, 7) is 9.91. The van der Waals surface area contributed by atoms with Gasteiger partial charge in [-0.05, 0) is 73.1 Å². The Morgan fingerprint density at radius 3 is 2.69 bits per heavy atom. The highest BCUT2D eigenvalue weighted by atomic mass is 16.5. The van der Waals surface area contributed by atoms with Gasteiger partial charge in [0.2, 0.25) is 0 Å². The number of ether oxygens (including phenoxy) is 1. The van der Waals surface area contributed by atoms with E-state index in [0.29, 0.717) is 17.6 Å². The summed E-state index contributed by atoms with van der Waals surface area (Å²) in [5, 5.41) is 2.06. The van der Waals surface area contributed by atoms with Crippen LogP contribution in [0.15, 0.2) is 55.1 Å². The lowest BCUT2D eigenvalue weighted by molar-refractivity contribution is 0.0750. The molecule has 6 heteroatoms. The molecule has 3 aliphatic rings. The van der Waals surface area contributed by atoms with Crippen molar-refractivity contribution in [3.8, 4) is 16.9 Å². The Morgan fingerprint density at radius 1 is 1.06 bits per heavy atom. The van der Waals surface area contributed by atoms with Gasteiger partial charge in [0.25, 0.3) is 5.91 Å². The minimum absolute atomic E-state index is 0.0255. The first-order valence-electron chi connectivity index (χ1n) is 13.6. The van der Waals surface area contributed by atoms with Crippen molar-refractivity contribution in [2.75, 3.05) is 39.8 Å². The number of benzene rings is 2. The molecule has 3 heterocycles. The van der Waals surface area contributed by atoms with Gasteiger partial charge in [0, 0.05) is 56.9 Å². The molecule has 2 atom stereocenters. The van der Waals surface area contributed by atoms with Crippen LogP contribution in [0.4, 0.5) is 0 Å². The second-order valence-corrected chi connectivity index (χ2v) is 10.5. The van der Waals surface area contributed by atoms with Crippen LogP contribution in [-0.4, -0.2) is 72.6 Å². The lowest BCUT2D eigenvalue weighted by Crippen LogP contribution is -2.45. The van der Waals surface area contributed by atoms with Gasteiger partial charge in [0.15, 0.2) is 0 Å². The van der Waals surface area contributed by atoms with Crippen LogP contribution in [0.2, 0.25) is 0 Å². The fraction of sp³-hybridized carbons (Fsp3) is 0.500. The summed E-state index contributed by atoms with van der Waals surface area (Å²) in [7, 11) is 1.70. The minimum Gasteiger partial charge on any atom is -0.497 e. The number of likely N-dealkylation sites (tertiary alicyclic amines) is 1. The van der Waals surface area contributed by atoms with Crippen LogP contribution in [0.3, 0.4) is 0 Å². The number of hydrogen-bond acceptors (Lipinski definition) is 5. The highest BCUT2D eigenvalue weighted by molar-refractivity contribution is 5.95. The van der Waals surface area contributed by atoms with E-state index >= 15 is 0 Å². The molecular weight excluding hydrogens is 448 g/mol. The van der Waals surface area contributed by atoms with Crippen molar-refractivity contribution in [1.82, 2.24) is 20.2 Å². The summed E-state index contributed by atoms with van der Waals surface area (Å²) in [6, 6.07) is 15.6. The van der Waals surface area contributed by atoms with Gasteiger partial charge in [0.05, 0.1) is 7.11 Å². The van der Waals surface area contributed by atoms with E-state index < -0.39 is 0 Å². The Labute approximate surface area is 215 Å². The van der Waals surface area contributed by atoms with Crippen LogP contribution in [0.25, 0.3) is 11.1 Å². The molecule has 2 aromatic rings. The molecular formula is C30H40N4O2. The Bertz CT molecular complexity index is 1060.